The highest BCUT2D eigenvalue weighted by Gasteiger charge is 2.36. The van der Waals surface area contributed by atoms with Crippen LogP contribution in [0, 0.1) is 5.92 Å². The summed E-state index contributed by atoms with van der Waals surface area (Å²) < 4.78 is 10.7. The van der Waals surface area contributed by atoms with Gasteiger partial charge in [-0.3, -0.25) is 9.59 Å². The number of ether oxygens (including phenoxy) is 2. The van der Waals surface area contributed by atoms with Gasteiger partial charge in [0.2, 0.25) is 0 Å². The van der Waals surface area contributed by atoms with Gasteiger partial charge < -0.3 is 9.47 Å². The molecular formula is C12H20O4. The van der Waals surface area contributed by atoms with Crippen LogP contribution in [0.25, 0.3) is 0 Å². The van der Waals surface area contributed by atoms with Crippen LogP contribution in [0.4, 0.5) is 0 Å². The van der Waals surface area contributed by atoms with Crippen LogP contribution < -0.4 is 0 Å². The minimum atomic E-state index is -0.706. The van der Waals surface area contributed by atoms with Crippen molar-refractivity contribution in [2.75, 3.05) is 13.2 Å². The minimum Gasteiger partial charge on any atom is -0.352 e. The molecule has 0 N–H and O–H groups in total. The summed E-state index contributed by atoms with van der Waals surface area (Å²) in [6, 6.07) is 0. The molecule has 1 saturated carbocycles. The summed E-state index contributed by atoms with van der Waals surface area (Å²) in [5.74, 6) is -0.772. The van der Waals surface area contributed by atoms with Gasteiger partial charge in [-0.15, -0.1) is 0 Å². The molecule has 0 unspecified atom stereocenters. The second-order valence-corrected chi connectivity index (χ2v) is 3.90. The molecule has 0 heterocycles. The molecule has 16 heavy (non-hydrogen) atoms. The molecule has 0 saturated heterocycles. The maximum absolute atomic E-state index is 11.8. The summed E-state index contributed by atoms with van der Waals surface area (Å²) in [5.41, 5.74) is 0. The van der Waals surface area contributed by atoms with E-state index in [0.717, 1.165) is 12.8 Å². The molecule has 0 aromatic rings. The van der Waals surface area contributed by atoms with Gasteiger partial charge in [-0.2, -0.15) is 0 Å². The topological polar surface area (TPSA) is 52.6 Å². The van der Waals surface area contributed by atoms with E-state index < -0.39 is 12.2 Å². The van der Waals surface area contributed by atoms with E-state index in [1.54, 1.807) is 0 Å². The Hall–Kier alpha value is -0.740. The van der Waals surface area contributed by atoms with Crippen molar-refractivity contribution in [2.45, 2.75) is 45.8 Å². The molecule has 4 heteroatoms. The fourth-order valence-electron chi connectivity index (χ4n) is 1.96. The van der Waals surface area contributed by atoms with Crippen molar-refractivity contribution in [1.29, 1.82) is 0 Å². The number of hydrogen-bond acceptors (Lipinski definition) is 4. The summed E-state index contributed by atoms with van der Waals surface area (Å²) in [5, 5.41) is 0. The monoisotopic (exact) mass is 228 g/mol. The van der Waals surface area contributed by atoms with Gasteiger partial charge in [0.05, 0.1) is 0 Å². The zero-order valence-corrected chi connectivity index (χ0v) is 10.0. The average molecular weight is 228 g/mol. The van der Waals surface area contributed by atoms with Crippen LogP contribution >= 0.6 is 0 Å². The van der Waals surface area contributed by atoms with E-state index in [0.29, 0.717) is 26.1 Å². The number of ketones is 2. The van der Waals surface area contributed by atoms with Crippen LogP contribution in [0.3, 0.4) is 0 Å². The zero-order valence-electron chi connectivity index (χ0n) is 10.0. The van der Waals surface area contributed by atoms with E-state index >= 15 is 0 Å². The van der Waals surface area contributed by atoms with Gasteiger partial charge in [0, 0.05) is 26.1 Å². The van der Waals surface area contributed by atoms with Crippen molar-refractivity contribution in [3.63, 3.8) is 0 Å². The molecule has 1 aliphatic carbocycles. The summed E-state index contributed by atoms with van der Waals surface area (Å²) in [4.78, 5) is 23.7. The van der Waals surface area contributed by atoms with Crippen LogP contribution in [0.2, 0.25) is 0 Å². The molecule has 92 valence electrons. The Morgan fingerprint density at radius 2 is 1.50 bits per heavy atom. The predicted octanol–water partition coefficient (Wildman–Crippen LogP) is 1.71. The van der Waals surface area contributed by atoms with Crippen molar-refractivity contribution in [1.82, 2.24) is 0 Å². The quantitative estimate of drug-likeness (QED) is 0.408. The van der Waals surface area contributed by atoms with Gasteiger partial charge in [0.1, 0.15) is 17.5 Å². The van der Waals surface area contributed by atoms with Crippen molar-refractivity contribution >= 4 is 11.6 Å². The van der Waals surface area contributed by atoms with E-state index in [4.69, 9.17) is 9.47 Å². The maximum Gasteiger partial charge on any atom is 0.174 e. The van der Waals surface area contributed by atoms with Gasteiger partial charge in [-0.25, -0.2) is 0 Å². The van der Waals surface area contributed by atoms with Crippen LogP contribution in [0.1, 0.15) is 39.5 Å². The van der Waals surface area contributed by atoms with Crippen LogP contribution in [0.15, 0.2) is 0 Å². The normalized spacial score (nSPS) is 19.2. The first-order chi connectivity index (χ1) is 7.70. The Morgan fingerprint density at radius 1 is 1.06 bits per heavy atom. The minimum absolute atomic E-state index is 0.0330. The lowest BCUT2D eigenvalue weighted by Crippen LogP contribution is -2.38. The van der Waals surface area contributed by atoms with E-state index in [2.05, 4.69) is 0 Å². The average Bonchev–Trinajstić information content (AvgIpc) is 2.40. The standard InChI is InChI=1S/C12H20O4/c1-3-15-12(16-4-2)11-9(13)7-5-6-8-10(11)14/h11-12H,3-8H2,1-2H3. The van der Waals surface area contributed by atoms with Gasteiger partial charge >= 0.3 is 0 Å². The third kappa shape index (κ3) is 3.39. The fourth-order valence-corrected chi connectivity index (χ4v) is 1.96. The number of Topliss-reactive ketones (excluding diaryl/α,β-unsaturated/α-hetero) is 2. The fraction of sp³-hybridized carbons (Fsp3) is 0.833. The first-order valence-electron chi connectivity index (χ1n) is 5.99. The molecule has 0 aromatic heterocycles. The number of carbonyl (C=O) groups excluding carboxylic acids is 2. The van der Waals surface area contributed by atoms with E-state index in [9.17, 15) is 9.59 Å². The van der Waals surface area contributed by atoms with E-state index in [1.165, 1.54) is 0 Å². The van der Waals surface area contributed by atoms with Crippen molar-refractivity contribution in [3.05, 3.63) is 0 Å². The van der Waals surface area contributed by atoms with Gasteiger partial charge in [0.25, 0.3) is 0 Å². The Labute approximate surface area is 96.3 Å². The lowest BCUT2D eigenvalue weighted by Gasteiger charge is -2.23. The van der Waals surface area contributed by atoms with Crippen molar-refractivity contribution in [3.8, 4) is 0 Å². The van der Waals surface area contributed by atoms with Gasteiger partial charge in [-0.1, -0.05) is 0 Å². The van der Waals surface area contributed by atoms with Crippen LogP contribution in [-0.2, 0) is 19.1 Å². The van der Waals surface area contributed by atoms with Gasteiger partial charge in [0.15, 0.2) is 6.29 Å². The Balaban J connectivity index is 2.76. The number of rotatable bonds is 5. The number of carbonyl (C=O) groups is 2. The first kappa shape index (κ1) is 13.3. The molecular weight excluding hydrogens is 208 g/mol. The molecule has 0 spiro atoms. The molecule has 0 aromatic carbocycles. The van der Waals surface area contributed by atoms with Crippen LogP contribution in [-0.4, -0.2) is 31.1 Å². The summed E-state index contributed by atoms with van der Waals surface area (Å²) in [6.45, 7) is 4.55. The molecule has 0 aliphatic heterocycles. The molecule has 0 bridgehead atoms. The number of hydrogen-bond donors (Lipinski definition) is 0. The van der Waals surface area contributed by atoms with Gasteiger partial charge in [-0.05, 0) is 26.7 Å². The second-order valence-electron chi connectivity index (χ2n) is 3.90. The smallest absolute Gasteiger partial charge is 0.174 e. The molecule has 0 radical (unpaired) electrons. The van der Waals surface area contributed by atoms with Crippen LogP contribution in [0.5, 0.6) is 0 Å². The zero-order chi connectivity index (χ0) is 12.0. The summed E-state index contributed by atoms with van der Waals surface area (Å²) >= 11 is 0. The predicted molar refractivity (Wildman–Crippen MR) is 59.0 cm³/mol. The van der Waals surface area contributed by atoms with Crippen molar-refractivity contribution < 1.29 is 19.1 Å². The first-order valence-corrected chi connectivity index (χ1v) is 5.99. The Kier molecular flexibility index (Phi) is 5.63. The maximum atomic E-state index is 11.8. The molecule has 1 fully saturated rings. The van der Waals surface area contributed by atoms with E-state index in [1.807, 2.05) is 13.8 Å². The highest BCUT2D eigenvalue weighted by Crippen LogP contribution is 2.22. The third-order valence-corrected chi connectivity index (χ3v) is 2.72. The highest BCUT2D eigenvalue weighted by atomic mass is 16.7. The largest absolute Gasteiger partial charge is 0.352 e. The molecule has 1 aliphatic rings. The molecule has 1 rings (SSSR count). The second kappa shape index (κ2) is 6.76. The Morgan fingerprint density at radius 3 is 1.88 bits per heavy atom. The van der Waals surface area contributed by atoms with E-state index in [-0.39, 0.29) is 11.6 Å². The third-order valence-electron chi connectivity index (χ3n) is 2.72. The molecule has 4 nitrogen and oxygen atoms in total. The lowest BCUT2D eigenvalue weighted by atomic mass is 9.97. The lowest BCUT2D eigenvalue weighted by molar-refractivity contribution is -0.178. The Bertz CT molecular complexity index is 225. The molecule has 0 amide bonds. The highest BCUT2D eigenvalue weighted by molar-refractivity contribution is 6.03. The van der Waals surface area contributed by atoms with Crippen molar-refractivity contribution in [2.24, 2.45) is 5.92 Å². The SMILES string of the molecule is CCOC(OCC)C1C(=O)CCCCC1=O. The summed E-state index contributed by atoms with van der Waals surface area (Å²) in [7, 11) is 0. The summed E-state index contributed by atoms with van der Waals surface area (Å²) in [6.07, 6.45) is 1.84. The molecule has 0 atom stereocenters.